The van der Waals surface area contributed by atoms with E-state index in [1.165, 1.54) is 6.07 Å². The summed E-state index contributed by atoms with van der Waals surface area (Å²) < 4.78 is 15.4. The molecule has 4 aromatic rings. The molecule has 3 aliphatic heterocycles. The molecule has 2 aromatic carbocycles. The van der Waals surface area contributed by atoms with Gasteiger partial charge in [-0.3, -0.25) is 10.1 Å². The maximum atomic E-state index is 14.1. The van der Waals surface area contributed by atoms with Crippen LogP contribution in [0.15, 0.2) is 67.2 Å². The summed E-state index contributed by atoms with van der Waals surface area (Å²) in [6, 6.07) is 7.27. The van der Waals surface area contributed by atoms with Crippen molar-refractivity contribution in [2.45, 2.75) is 127 Å². The second-order valence-corrected chi connectivity index (χ2v) is 19.3. The number of benzene rings is 2. The third kappa shape index (κ3) is 7.55. The first kappa shape index (κ1) is 42.7. The summed E-state index contributed by atoms with van der Waals surface area (Å²) in [5, 5.41) is 50.7. The Morgan fingerprint density at radius 1 is 1.02 bits per heavy atom. The second-order valence-electron chi connectivity index (χ2n) is 19.3. The minimum atomic E-state index is -1.10. The molecule has 1 saturated carbocycles. The van der Waals surface area contributed by atoms with E-state index in [1.807, 2.05) is 31.2 Å². The number of phenols is 1. The number of ketones is 1. The number of hydrogen-bond acceptors (Lipinski definition) is 9. The number of hydrogen-bond donors (Lipinski definition) is 7. The monoisotopic (exact) mass is 864 g/mol. The van der Waals surface area contributed by atoms with Crippen LogP contribution in [0.2, 0.25) is 0 Å². The van der Waals surface area contributed by atoms with Crippen LogP contribution >= 0.6 is 0 Å². The quantitative estimate of drug-likeness (QED) is 0.0477. The highest BCUT2D eigenvalue weighted by Gasteiger charge is 2.47. The number of carbonyl (C=O) groups excluding carboxylic acids is 1. The average Bonchev–Trinajstić information content (AvgIpc) is 4.04. The zero-order valence-electron chi connectivity index (χ0n) is 36.7. The predicted molar refractivity (Wildman–Crippen MR) is 244 cm³/mol. The fourth-order valence-corrected chi connectivity index (χ4v) is 11.7. The number of rotatable bonds is 10. The minimum Gasteiger partial charge on any atom is -0.508 e. The lowest BCUT2D eigenvalue weighted by Crippen LogP contribution is -2.41. The number of aliphatic hydroxyl groups is 3. The van der Waals surface area contributed by atoms with Crippen molar-refractivity contribution < 1.29 is 34.7 Å². The van der Waals surface area contributed by atoms with Crippen molar-refractivity contribution in [2.24, 2.45) is 34.8 Å². The van der Waals surface area contributed by atoms with E-state index < -0.39 is 47.7 Å². The van der Waals surface area contributed by atoms with E-state index in [0.29, 0.717) is 30.7 Å². The van der Waals surface area contributed by atoms with Gasteiger partial charge in [-0.05, 0) is 77.5 Å². The summed E-state index contributed by atoms with van der Waals surface area (Å²) in [7, 11) is 0. The lowest BCUT2D eigenvalue weighted by Gasteiger charge is -2.37. The maximum Gasteiger partial charge on any atom is 0.191 e. The van der Waals surface area contributed by atoms with Crippen molar-refractivity contribution in [3.05, 3.63) is 101 Å². The van der Waals surface area contributed by atoms with Gasteiger partial charge < -0.3 is 45.2 Å². The molecule has 1 fully saturated rings. The molecule has 0 unspecified atom stereocenters. The van der Waals surface area contributed by atoms with E-state index in [-0.39, 0.29) is 54.0 Å². The van der Waals surface area contributed by atoms with Crippen molar-refractivity contribution in [1.29, 1.82) is 0 Å². The first-order valence-electron chi connectivity index (χ1n) is 23.5. The van der Waals surface area contributed by atoms with Gasteiger partial charge >= 0.3 is 0 Å². The molecule has 5 heterocycles. The summed E-state index contributed by atoms with van der Waals surface area (Å²) in [6.07, 6.45) is 21.2. The van der Waals surface area contributed by atoms with Crippen LogP contribution in [0.25, 0.3) is 10.9 Å². The van der Waals surface area contributed by atoms with Gasteiger partial charge in [0.05, 0.1) is 35.2 Å². The number of nitrogens with zero attached hydrogens (tertiary/aromatic N) is 1. The number of H-pyrrole nitrogens is 1. The molecular weight excluding hydrogens is 805 g/mol. The third-order valence-electron chi connectivity index (χ3n) is 15.2. The first-order valence-corrected chi connectivity index (χ1v) is 23.5. The van der Waals surface area contributed by atoms with Gasteiger partial charge in [0, 0.05) is 66.7 Å². The van der Waals surface area contributed by atoms with Gasteiger partial charge in [-0.1, -0.05) is 100 Å². The third-order valence-corrected chi connectivity index (χ3v) is 15.2. The molecule has 11 heteroatoms. The highest BCUT2D eigenvalue weighted by atomic mass is 16.5. The number of allylic oxidation sites excluding steroid dienone is 2. The second kappa shape index (κ2) is 17.3. The molecule has 0 radical (unpaired) electrons. The molecule has 1 spiro atoms. The Morgan fingerprint density at radius 3 is 2.66 bits per heavy atom. The van der Waals surface area contributed by atoms with Crippen molar-refractivity contribution in [1.82, 2.24) is 14.9 Å². The smallest absolute Gasteiger partial charge is 0.191 e. The van der Waals surface area contributed by atoms with Crippen molar-refractivity contribution in [3.8, 4) is 41.1 Å². The van der Waals surface area contributed by atoms with Crippen LogP contribution in [0.5, 0.6) is 17.2 Å². The molecule has 8 N–H and O–H groups in total. The Kier molecular flexibility index (Phi) is 11.5. The standard InChI is InChI=1S/C53H60N4O7/c1-3-4-5-8-35(50(62)36-12-9-30(2)23-45(36)61)43(59)17-11-31-24-47-46(25-44(31)60)63-22-21-53(19-6-7-20-53)40-16-18-42(58)34-14-15-37-48-32(26-56-51(37)54)10-13-33(49(34)48)38-27-55-41-29-57(28-39(38)41)52(40)64-47/h9-10,12-15,24-25,27-30,32-33,35-36,40,42,45,50-52,55-56,58,60-62H,3-8,11,17,19-20,23,26,54H2,1-2H3/t30-,32+,33-,35-,36-,40-,42-,45-,50+,51+,52-/m1/s1. The SMILES string of the molecule is CCCCC[C@H](C(=O)CCc1cc2c(cc1O)OC#CC1(CCCC1)[C@@H]1C#C[C@@H](O)c3ccc4c5c3[C@H](C=C[C@H]5CN[C@@H]4N)c3c[nH]c4cn(cc34)[C@@H]1O2)[C@H](O)[C@@H]1C=C[C@@H](C)C[C@H]1O. The summed E-state index contributed by atoms with van der Waals surface area (Å²) >= 11 is 0. The molecule has 10 rings (SSSR count). The average molecular weight is 865 g/mol. The van der Waals surface area contributed by atoms with Crippen LogP contribution in [-0.4, -0.2) is 54.5 Å². The number of ether oxygens (including phenoxy) is 2. The van der Waals surface area contributed by atoms with E-state index in [2.05, 4.69) is 76.4 Å². The Bertz CT molecular complexity index is 2630. The number of aryl methyl sites for hydroxylation is 1. The number of carbonyl (C=O) groups is 1. The molecule has 2 aromatic heterocycles. The molecule has 0 saturated heterocycles. The Hall–Kier alpha value is -5.27. The van der Waals surface area contributed by atoms with Crippen molar-refractivity contribution in [3.63, 3.8) is 0 Å². The molecule has 3 aliphatic carbocycles. The zero-order chi connectivity index (χ0) is 44.3. The Labute approximate surface area is 375 Å². The van der Waals surface area contributed by atoms with Crippen LogP contribution in [-0.2, 0) is 11.2 Å². The topological polar surface area (TPSA) is 175 Å². The number of Topliss-reactive ketones (excluding diaryl/α,β-unsaturated/α-hetero) is 1. The predicted octanol–water partition coefficient (Wildman–Crippen LogP) is 7.81. The van der Waals surface area contributed by atoms with Crippen molar-refractivity contribution in [2.75, 3.05) is 6.54 Å². The van der Waals surface area contributed by atoms with Crippen LogP contribution in [0.1, 0.15) is 142 Å². The number of nitrogens with two attached hydrogens (primary N) is 1. The number of aromatic hydroxyl groups is 1. The van der Waals surface area contributed by atoms with Gasteiger partial charge in [-0.25, -0.2) is 0 Å². The van der Waals surface area contributed by atoms with Crippen LogP contribution in [0.4, 0.5) is 0 Å². The van der Waals surface area contributed by atoms with Gasteiger partial charge in [0.1, 0.15) is 23.7 Å². The highest BCUT2D eigenvalue weighted by molar-refractivity contribution is 5.85. The molecular formula is C53H60N4O7. The minimum absolute atomic E-state index is 0.0491. The molecule has 6 aliphatic rings. The highest BCUT2D eigenvalue weighted by Crippen LogP contribution is 2.52. The lowest BCUT2D eigenvalue weighted by atomic mass is 9.71. The number of phenolic OH excluding ortho intramolecular Hbond substituents is 1. The van der Waals surface area contributed by atoms with Crippen molar-refractivity contribution >= 4 is 16.7 Å². The van der Waals surface area contributed by atoms with Gasteiger partial charge in [-0.2, -0.15) is 0 Å². The number of nitrogens with one attached hydrogen (secondary N) is 2. The largest absolute Gasteiger partial charge is 0.508 e. The molecule has 11 atom stereocenters. The summed E-state index contributed by atoms with van der Waals surface area (Å²) in [6.45, 7) is 4.85. The van der Waals surface area contributed by atoms with Crippen LogP contribution < -0.4 is 20.5 Å². The Balaban J connectivity index is 1.02. The number of aromatic amines is 1. The molecule has 334 valence electrons. The summed E-state index contributed by atoms with van der Waals surface area (Å²) in [5.41, 5.74) is 12.5. The molecule has 2 bridgehead atoms. The van der Waals surface area contributed by atoms with Gasteiger partial charge in [-0.15, -0.1) is 0 Å². The van der Waals surface area contributed by atoms with Gasteiger partial charge in [0.2, 0.25) is 0 Å². The first-order chi connectivity index (χ1) is 31.0. The van der Waals surface area contributed by atoms with E-state index in [1.54, 1.807) is 6.07 Å². The van der Waals surface area contributed by atoms with Gasteiger partial charge in [0.15, 0.2) is 17.7 Å². The maximum absolute atomic E-state index is 14.1. The normalized spacial score (nSPS) is 29.1. The van der Waals surface area contributed by atoms with E-state index in [4.69, 9.17) is 15.2 Å². The fourth-order valence-electron chi connectivity index (χ4n) is 11.7. The Morgan fingerprint density at radius 2 is 1.84 bits per heavy atom. The van der Waals surface area contributed by atoms with E-state index >= 15 is 0 Å². The van der Waals surface area contributed by atoms with Gasteiger partial charge in [0.25, 0.3) is 0 Å². The summed E-state index contributed by atoms with van der Waals surface area (Å²) in [4.78, 5) is 17.7. The number of unbranched alkanes of at least 4 members (excludes halogenated alkanes) is 2. The zero-order valence-corrected chi connectivity index (χ0v) is 36.7. The number of aliphatic hydroxyl groups excluding tert-OH is 3. The van der Waals surface area contributed by atoms with E-state index in [0.717, 1.165) is 83.7 Å². The van der Waals surface area contributed by atoms with E-state index in [9.17, 15) is 25.2 Å². The molecule has 0 amide bonds. The number of fused-ring (bicyclic) bond motifs is 6. The molecule has 64 heavy (non-hydrogen) atoms. The fraction of sp³-hybridized carbons (Fsp3) is 0.491. The van der Waals surface area contributed by atoms with Crippen LogP contribution in [0.3, 0.4) is 0 Å². The lowest BCUT2D eigenvalue weighted by molar-refractivity contribution is -0.129. The number of aromatic nitrogens is 2. The molecule has 11 nitrogen and oxygen atoms in total. The summed E-state index contributed by atoms with van der Waals surface area (Å²) in [5.74, 6) is 9.34. The van der Waals surface area contributed by atoms with Crippen LogP contribution in [0, 0.1) is 53.0 Å².